The molecule has 0 radical (unpaired) electrons. The Balaban J connectivity index is 1.95. The lowest BCUT2D eigenvalue weighted by Gasteiger charge is -2.34. The van der Waals surface area contributed by atoms with Gasteiger partial charge in [0.1, 0.15) is 18.4 Å². The second kappa shape index (κ2) is 12.7. The number of nitrogens with one attached hydrogen (secondary N) is 1. The van der Waals surface area contributed by atoms with Crippen LogP contribution >= 0.6 is 11.6 Å². The fourth-order valence-electron chi connectivity index (χ4n) is 4.40. The van der Waals surface area contributed by atoms with Gasteiger partial charge in [-0.3, -0.25) is 9.59 Å². The average Bonchev–Trinajstić information content (AvgIpc) is 3.37. The minimum absolute atomic E-state index is 0.0684. The number of carbonyl (C=O) groups is 2. The Hall–Kier alpha value is -2.69. The zero-order chi connectivity index (χ0) is 27.2. The molecule has 1 unspecified atom stereocenters. The summed E-state index contributed by atoms with van der Waals surface area (Å²) in [4.78, 5) is 28.5. The summed E-state index contributed by atoms with van der Waals surface area (Å²) in [5.41, 5.74) is 0.881. The molecule has 1 saturated carbocycles. The van der Waals surface area contributed by atoms with Crippen molar-refractivity contribution in [3.8, 4) is 0 Å². The van der Waals surface area contributed by atoms with Gasteiger partial charge in [0.05, 0.1) is 5.69 Å². The van der Waals surface area contributed by atoms with Crippen molar-refractivity contribution in [1.29, 1.82) is 0 Å². The first kappa shape index (κ1) is 28.9. The number of rotatable bonds is 11. The molecule has 0 aliphatic heterocycles. The van der Waals surface area contributed by atoms with Gasteiger partial charge in [0.2, 0.25) is 11.8 Å². The predicted octanol–water partition coefficient (Wildman–Crippen LogP) is 3.96. The minimum atomic E-state index is -4.10. The number of halogens is 2. The molecule has 0 heterocycles. The van der Waals surface area contributed by atoms with Gasteiger partial charge in [0.15, 0.2) is 0 Å². The van der Waals surface area contributed by atoms with E-state index in [0.717, 1.165) is 52.0 Å². The fraction of sp³-hybridized carbons (Fsp3) is 0.462. The van der Waals surface area contributed by atoms with Crippen LogP contribution in [0.2, 0.25) is 5.02 Å². The molecule has 202 valence electrons. The average molecular weight is 553 g/mol. The minimum Gasteiger partial charge on any atom is -0.352 e. The number of benzene rings is 2. The molecule has 2 amide bonds. The van der Waals surface area contributed by atoms with Crippen LogP contribution in [0.3, 0.4) is 0 Å². The first-order valence-electron chi connectivity index (χ1n) is 12.3. The maximum atomic E-state index is 13.8. The van der Waals surface area contributed by atoms with Crippen molar-refractivity contribution in [2.24, 2.45) is 0 Å². The monoisotopic (exact) mass is 552 g/mol. The number of amides is 2. The van der Waals surface area contributed by atoms with Crippen LogP contribution in [0.1, 0.15) is 44.6 Å². The highest BCUT2D eigenvalue weighted by Gasteiger charge is 2.34. The fourth-order valence-corrected chi connectivity index (χ4v) is 5.58. The molecule has 8 nitrogen and oxygen atoms in total. The molecule has 37 heavy (non-hydrogen) atoms. The Labute approximate surface area is 223 Å². The van der Waals surface area contributed by atoms with Crippen LogP contribution in [0.4, 0.5) is 10.1 Å². The van der Waals surface area contributed by atoms with E-state index in [9.17, 15) is 22.4 Å². The van der Waals surface area contributed by atoms with Gasteiger partial charge in [-0.05, 0) is 61.2 Å². The van der Waals surface area contributed by atoms with Crippen molar-refractivity contribution in [1.82, 2.24) is 14.5 Å². The van der Waals surface area contributed by atoms with E-state index in [-0.39, 0.29) is 24.2 Å². The van der Waals surface area contributed by atoms with Gasteiger partial charge < -0.3 is 10.2 Å². The Morgan fingerprint density at radius 2 is 1.65 bits per heavy atom. The molecular weight excluding hydrogens is 519 g/mol. The molecule has 1 N–H and O–H groups in total. The van der Waals surface area contributed by atoms with Crippen molar-refractivity contribution in [2.45, 2.75) is 57.7 Å². The van der Waals surface area contributed by atoms with Gasteiger partial charge in [-0.1, -0.05) is 43.5 Å². The number of nitrogens with zero attached hydrogens (tertiary/aromatic N) is 3. The Bertz CT molecular complexity index is 1170. The van der Waals surface area contributed by atoms with Gasteiger partial charge in [-0.15, -0.1) is 0 Å². The molecule has 1 aliphatic rings. The Kier molecular flexibility index (Phi) is 9.92. The maximum absolute atomic E-state index is 13.8. The molecule has 11 heteroatoms. The molecule has 0 aromatic heterocycles. The summed E-state index contributed by atoms with van der Waals surface area (Å²) in [5.74, 6) is -1.35. The summed E-state index contributed by atoms with van der Waals surface area (Å²) in [6.45, 7) is 1.34. The normalized spacial score (nSPS) is 15.0. The molecule has 3 rings (SSSR count). The Morgan fingerprint density at radius 1 is 1.05 bits per heavy atom. The molecule has 2 aromatic carbocycles. The molecule has 1 fully saturated rings. The van der Waals surface area contributed by atoms with Crippen LogP contribution in [0.5, 0.6) is 0 Å². The summed E-state index contributed by atoms with van der Waals surface area (Å²) < 4.78 is 41.8. The van der Waals surface area contributed by atoms with Crippen LogP contribution in [0.15, 0.2) is 48.5 Å². The van der Waals surface area contributed by atoms with Gasteiger partial charge in [-0.2, -0.15) is 12.7 Å². The lowest BCUT2D eigenvalue weighted by Crippen LogP contribution is -2.54. The number of hydrogen-bond acceptors (Lipinski definition) is 4. The maximum Gasteiger partial charge on any atom is 0.304 e. The first-order valence-corrected chi connectivity index (χ1v) is 14.1. The summed E-state index contributed by atoms with van der Waals surface area (Å²) in [7, 11) is -1.40. The standard InChI is InChI=1S/C26H34ClFN4O4S/c1-4-24(26(34)29-22-7-5-6-8-22)31(17-19-9-11-20(27)12-10-19)25(33)18-32(37(35,36)30(2)3)23-15-13-21(28)14-16-23/h9-16,22,24H,4-8,17-18H2,1-3H3,(H,29,34). The van der Waals surface area contributed by atoms with E-state index in [0.29, 0.717) is 11.4 Å². The zero-order valence-electron chi connectivity index (χ0n) is 21.4. The Morgan fingerprint density at radius 3 is 2.19 bits per heavy atom. The van der Waals surface area contributed by atoms with Crippen LogP contribution in [0.25, 0.3) is 0 Å². The third-order valence-electron chi connectivity index (χ3n) is 6.49. The second-order valence-electron chi connectivity index (χ2n) is 9.34. The lowest BCUT2D eigenvalue weighted by atomic mass is 10.1. The zero-order valence-corrected chi connectivity index (χ0v) is 22.9. The summed E-state index contributed by atoms with van der Waals surface area (Å²) in [6.07, 6.45) is 4.22. The van der Waals surface area contributed by atoms with E-state index < -0.39 is 34.5 Å². The van der Waals surface area contributed by atoms with E-state index in [2.05, 4.69) is 5.32 Å². The van der Waals surface area contributed by atoms with E-state index in [4.69, 9.17) is 11.6 Å². The quantitative estimate of drug-likeness (QED) is 0.457. The summed E-state index contributed by atoms with van der Waals surface area (Å²) in [6, 6.07) is 11.0. The predicted molar refractivity (Wildman–Crippen MR) is 143 cm³/mol. The van der Waals surface area contributed by atoms with Crippen molar-refractivity contribution in [3.05, 3.63) is 64.9 Å². The van der Waals surface area contributed by atoms with Gasteiger partial charge in [0, 0.05) is 31.7 Å². The largest absolute Gasteiger partial charge is 0.352 e. The van der Waals surface area contributed by atoms with Crippen molar-refractivity contribution < 1.29 is 22.4 Å². The third-order valence-corrected chi connectivity index (χ3v) is 8.56. The first-order chi connectivity index (χ1) is 17.5. The van der Waals surface area contributed by atoms with E-state index in [1.54, 1.807) is 24.3 Å². The molecule has 2 aromatic rings. The molecule has 0 saturated heterocycles. The van der Waals surface area contributed by atoms with E-state index >= 15 is 0 Å². The lowest BCUT2D eigenvalue weighted by molar-refractivity contribution is -0.140. The van der Waals surface area contributed by atoms with Gasteiger partial charge in [-0.25, -0.2) is 8.70 Å². The van der Waals surface area contributed by atoms with E-state index in [1.807, 2.05) is 6.92 Å². The molecule has 1 aliphatic carbocycles. The summed E-state index contributed by atoms with van der Waals surface area (Å²) >= 11 is 6.02. The number of anilines is 1. The van der Waals surface area contributed by atoms with Crippen molar-refractivity contribution in [2.75, 3.05) is 24.9 Å². The highest BCUT2D eigenvalue weighted by Crippen LogP contribution is 2.23. The van der Waals surface area contributed by atoms with E-state index in [1.165, 1.54) is 31.1 Å². The number of hydrogen-bond donors (Lipinski definition) is 1. The van der Waals surface area contributed by atoms with Crippen LogP contribution in [-0.2, 0) is 26.3 Å². The van der Waals surface area contributed by atoms with Crippen LogP contribution in [0, 0.1) is 5.82 Å². The topological polar surface area (TPSA) is 90.0 Å². The number of carbonyl (C=O) groups excluding carboxylic acids is 2. The molecule has 0 bridgehead atoms. The van der Waals surface area contributed by atoms with Crippen LogP contribution < -0.4 is 9.62 Å². The highest BCUT2D eigenvalue weighted by molar-refractivity contribution is 7.90. The second-order valence-corrected chi connectivity index (χ2v) is 11.8. The molecular formula is C26H34ClFN4O4S. The highest BCUT2D eigenvalue weighted by atomic mass is 35.5. The van der Waals surface area contributed by atoms with Crippen molar-refractivity contribution >= 4 is 39.3 Å². The molecule has 1 atom stereocenters. The van der Waals surface area contributed by atoms with Gasteiger partial charge >= 0.3 is 10.2 Å². The third kappa shape index (κ3) is 7.43. The van der Waals surface area contributed by atoms with Crippen molar-refractivity contribution in [3.63, 3.8) is 0 Å². The summed E-state index contributed by atoms with van der Waals surface area (Å²) in [5, 5.41) is 3.60. The van der Waals surface area contributed by atoms with Crippen LogP contribution in [-0.4, -0.2) is 62.2 Å². The van der Waals surface area contributed by atoms with Gasteiger partial charge in [0.25, 0.3) is 0 Å². The SMILES string of the molecule is CCC(C(=O)NC1CCCC1)N(Cc1ccc(Cl)cc1)C(=O)CN(c1ccc(F)cc1)S(=O)(=O)N(C)C. The molecule has 0 spiro atoms. The smallest absolute Gasteiger partial charge is 0.304 e.